The van der Waals surface area contributed by atoms with E-state index in [1.54, 1.807) is 12.4 Å². The maximum absolute atomic E-state index is 12.4. The number of hydrogen-bond acceptors (Lipinski definition) is 3. The lowest BCUT2D eigenvalue weighted by molar-refractivity contribution is 0.102. The molecule has 0 radical (unpaired) electrons. The van der Waals surface area contributed by atoms with E-state index < -0.39 is 0 Å². The highest BCUT2D eigenvalue weighted by atomic mass is 16.1. The first kappa shape index (κ1) is 13.2. The minimum atomic E-state index is -0.156. The molecule has 0 fully saturated rings. The highest BCUT2D eigenvalue weighted by molar-refractivity contribution is 6.06. The lowest BCUT2D eigenvalue weighted by Crippen LogP contribution is -2.14. The minimum Gasteiger partial charge on any atom is -0.322 e. The van der Waals surface area contributed by atoms with Gasteiger partial charge in [-0.15, -0.1) is 0 Å². The summed E-state index contributed by atoms with van der Waals surface area (Å²) in [5.41, 5.74) is 4.00. The van der Waals surface area contributed by atoms with E-state index in [4.69, 9.17) is 0 Å². The predicted molar refractivity (Wildman–Crippen MR) is 83.4 cm³/mol. The average Bonchev–Trinajstić information content (AvgIpc) is 2.46. The van der Waals surface area contributed by atoms with Crippen molar-refractivity contribution in [3.05, 3.63) is 65.6 Å². The first-order chi connectivity index (χ1) is 10.1. The maximum Gasteiger partial charge on any atom is 0.257 e. The van der Waals surface area contributed by atoms with Crippen molar-refractivity contribution in [3.63, 3.8) is 0 Å². The van der Waals surface area contributed by atoms with Crippen molar-refractivity contribution in [2.24, 2.45) is 0 Å². The molecule has 0 atom stereocenters. The Morgan fingerprint density at radius 1 is 1.14 bits per heavy atom. The molecule has 4 heteroatoms. The van der Waals surface area contributed by atoms with Crippen LogP contribution in [0.5, 0.6) is 0 Å². The van der Waals surface area contributed by atoms with Gasteiger partial charge in [0.15, 0.2) is 0 Å². The van der Waals surface area contributed by atoms with Crippen LogP contribution in [0.1, 0.15) is 21.6 Å². The standard InChI is InChI=1S/C17H15N3O/c1-11-4-3-5-14(8-11)20-17(21)15-9-13-10-18-7-6-16(13)19-12(15)2/h3-10H,1-2H3,(H,20,21). The largest absolute Gasteiger partial charge is 0.322 e. The van der Waals surface area contributed by atoms with Gasteiger partial charge in [-0.2, -0.15) is 0 Å². The molecule has 1 aromatic carbocycles. The highest BCUT2D eigenvalue weighted by Crippen LogP contribution is 2.17. The summed E-state index contributed by atoms with van der Waals surface area (Å²) in [6.07, 6.45) is 3.41. The summed E-state index contributed by atoms with van der Waals surface area (Å²) in [5, 5.41) is 3.76. The SMILES string of the molecule is Cc1cccc(NC(=O)c2cc3cnccc3nc2C)c1. The van der Waals surface area contributed by atoms with Crippen LogP contribution in [-0.2, 0) is 0 Å². The van der Waals surface area contributed by atoms with E-state index in [0.717, 1.165) is 22.2 Å². The summed E-state index contributed by atoms with van der Waals surface area (Å²) in [7, 11) is 0. The zero-order valence-corrected chi connectivity index (χ0v) is 11.9. The fraction of sp³-hybridized carbons (Fsp3) is 0.118. The van der Waals surface area contributed by atoms with Gasteiger partial charge in [0.25, 0.3) is 5.91 Å². The van der Waals surface area contributed by atoms with Crippen LogP contribution in [0.3, 0.4) is 0 Å². The molecule has 0 aliphatic carbocycles. The number of nitrogens with zero attached hydrogens (tertiary/aromatic N) is 2. The number of aryl methyl sites for hydroxylation is 2. The van der Waals surface area contributed by atoms with E-state index in [1.165, 1.54) is 0 Å². The Morgan fingerprint density at radius 2 is 2.00 bits per heavy atom. The van der Waals surface area contributed by atoms with Crippen molar-refractivity contribution in [1.29, 1.82) is 0 Å². The van der Waals surface area contributed by atoms with E-state index in [1.807, 2.05) is 50.2 Å². The van der Waals surface area contributed by atoms with Crippen molar-refractivity contribution in [2.75, 3.05) is 5.32 Å². The average molecular weight is 277 g/mol. The molecule has 0 aliphatic rings. The van der Waals surface area contributed by atoms with Gasteiger partial charge in [0.2, 0.25) is 0 Å². The number of pyridine rings is 2. The monoisotopic (exact) mass is 277 g/mol. The number of nitrogens with one attached hydrogen (secondary N) is 1. The van der Waals surface area contributed by atoms with E-state index >= 15 is 0 Å². The molecule has 2 aromatic heterocycles. The third-order valence-corrected chi connectivity index (χ3v) is 3.33. The van der Waals surface area contributed by atoms with Gasteiger partial charge >= 0.3 is 0 Å². The number of anilines is 1. The lowest BCUT2D eigenvalue weighted by atomic mass is 10.1. The smallest absolute Gasteiger partial charge is 0.257 e. The van der Waals surface area contributed by atoms with Gasteiger partial charge in [0.05, 0.1) is 16.8 Å². The van der Waals surface area contributed by atoms with E-state index in [0.29, 0.717) is 11.3 Å². The van der Waals surface area contributed by atoms with Gasteiger partial charge < -0.3 is 5.32 Å². The molecule has 0 unspecified atom stereocenters. The lowest BCUT2D eigenvalue weighted by Gasteiger charge is -2.09. The number of aromatic nitrogens is 2. The Morgan fingerprint density at radius 3 is 2.81 bits per heavy atom. The normalized spacial score (nSPS) is 10.6. The number of fused-ring (bicyclic) bond motifs is 1. The van der Waals surface area contributed by atoms with Crippen LogP contribution in [0.2, 0.25) is 0 Å². The van der Waals surface area contributed by atoms with Crippen molar-refractivity contribution in [2.45, 2.75) is 13.8 Å². The number of carbonyl (C=O) groups is 1. The number of amides is 1. The molecule has 3 aromatic rings. The number of hydrogen-bond donors (Lipinski definition) is 1. The summed E-state index contributed by atoms with van der Waals surface area (Å²) in [6.45, 7) is 3.83. The molecule has 0 aliphatic heterocycles. The third-order valence-electron chi connectivity index (χ3n) is 3.33. The van der Waals surface area contributed by atoms with E-state index in [2.05, 4.69) is 15.3 Å². The molecule has 104 valence electrons. The van der Waals surface area contributed by atoms with Crippen molar-refractivity contribution < 1.29 is 4.79 Å². The van der Waals surface area contributed by atoms with E-state index in [-0.39, 0.29) is 5.91 Å². The van der Waals surface area contributed by atoms with Crippen LogP contribution in [0.15, 0.2) is 48.8 Å². The Kier molecular flexibility index (Phi) is 3.36. The fourth-order valence-corrected chi connectivity index (χ4v) is 2.26. The summed E-state index contributed by atoms with van der Waals surface area (Å²) in [4.78, 5) is 20.9. The molecule has 1 amide bonds. The Hall–Kier alpha value is -2.75. The topological polar surface area (TPSA) is 54.9 Å². The third kappa shape index (κ3) is 2.74. The molecule has 21 heavy (non-hydrogen) atoms. The van der Waals surface area contributed by atoms with E-state index in [9.17, 15) is 4.79 Å². The maximum atomic E-state index is 12.4. The summed E-state index contributed by atoms with van der Waals surface area (Å²) in [5.74, 6) is -0.156. The summed E-state index contributed by atoms with van der Waals surface area (Å²) in [6, 6.07) is 11.4. The number of benzene rings is 1. The van der Waals surface area contributed by atoms with Gasteiger partial charge in [-0.1, -0.05) is 12.1 Å². The Bertz CT molecular complexity index is 827. The van der Waals surface area contributed by atoms with Crippen LogP contribution in [0.25, 0.3) is 10.9 Å². The van der Waals surface area contributed by atoms with Crippen molar-refractivity contribution in [3.8, 4) is 0 Å². The second-order valence-corrected chi connectivity index (χ2v) is 5.01. The molecule has 0 spiro atoms. The van der Waals surface area contributed by atoms with Crippen LogP contribution in [0, 0.1) is 13.8 Å². The number of rotatable bonds is 2. The molecule has 1 N–H and O–H groups in total. The summed E-state index contributed by atoms with van der Waals surface area (Å²) < 4.78 is 0. The second kappa shape index (κ2) is 5.32. The van der Waals surface area contributed by atoms with Gasteiger partial charge in [-0.25, -0.2) is 0 Å². The molecular weight excluding hydrogens is 262 g/mol. The number of carbonyl (C=O) groups excluding carboxylic acids is 1. The van der Waals surface area contributed by atoms with Gasteiger partial charge in [0.1, 0.15) is 0 Å². The zero-order chi connectivity index (χ0) is 14.8. The Labute approximate surface area is 122 Å². The Balaban J connectivity index is 1.96. The molecule has 0 saturated carbocycles. The fourth-order valence-electron chi connectivity index (χ4n) is 2.26. The highest BCUT2D eigenvalue weighted by Gasteiger charge is 2.12. The van der Waals surface area contributed by atoms with Crippen molar-refractivity contribution >= 4 is 22.5 Å². The zero-order valence-electron chi connectivity index (χ0n) is 11.9. The molecule has 4 nitrogen and oxygen atoms in total. The molecule has 0 bridgehead atoms. The van der Waals surface area contributed by atoms with Gasteiger partial charge in [-0.05, 0) is 43.7 Å². The second-order valence-electron chi connectivity index (χ2n) is 5.01. The van der Waals surface area contributed by atoms with Crippen LogP contribution < -0.4 is 5.32 Å². The quantitative estimate of drug-likeness (QED) is 0.780. The predicted octanol–water partition coefficient (Wildman–Crippen LogP) is 3.50. The van der Waals surface area contributed by atoms with Crippen LogP contribution in [-0.4, -0.2) is 15.9 Å². The van der Waals surface area contributed by atoms with Gasteiger partial charge in [0, 0.05) is 23.5 Å². The molecule has 0 saturated heterocycles. The van der Waals surface area contributed by atoms with Crippen LogP contribution in [0.4, 0.5) is 5.69 Å². The first-order valence-electron chi connectivity index (χ1n) is 6.73. The van der Waals surface area contributed by atoms with Gasteiger partial charge in [-0.3, -0.25) is 14.8 Å². The van der Waals surface area contributed by atoms with Crippen molar-refractivity contribution in [1.82, 2.24) is 9.97 Å². The summed E-state index contributed by atoms with van der Waals surface area (Å²) >= 11 is 0. The van der Waals surface area contributed by atoms with Crippen LogP contribution >= 0.6 is 0 Å². The molecule has 3 rings (SSSR count). The molecular formula is C17H15N3O. The minimum absolute atomic E-state index is 0.156. The molecule has 2 heterocycles. The first-order valence-corrected chi connectivity index (χ1v) is 6.73.